The number of amides is 1. The number of likely N-dealkylation sites (N-methyl/N-ethyl adjacent to an activating group) is 1. The smallest absolute Gasteiger partial charge is 0.256 e. The van der Waals surface area contributed by atoms with Gasteiger partial charge in [-0.05, 0) is 19.1 Å². The van der Waals surface area contributed by atoms with Crippen LogP contribution in [0.5, 0.6) is 0 Å². The van der Waals surface area contributed by atoms with Crippen molar-refractivity contribution in [3.63, 3.8) is 0 Å². The summed E-state index contributed by atoms with van der Waals surface area (Å²) in [5, 5.41) is 0. The SMILES string of the molecule is C=C(C)CN(C)C(=O)c1cccc(F)c1N. The van der Waals surface area contributed by atoms with Gasteiger partial charge in [0.1, 0.15) is 5.82 Å². The molecule has 1 aromatic carbocycles. The van der Waals surface area contributed by atoms with Gasteiger partial charge in [-0.1, -0.05) is 18.2 Å². The first kappa shape index (κ1) is 12.2. The number of benzene rings is 1. The molecule has 1 amide bonds. The molecule has 0 fully saturated rings. The van der Waals surface area contributed by atoms with Crippen molar-refractivity contribution >= 4 is 11.6 Å². The largest absolute Gasteiger partial charge is 0.396 e. The Labute approximate surface area is 94.4 Å². The Kier molecular flexibility index (Phi) is 3.66. The molecule has 1 rings (SSSR count). The van der Waals surface area contributed by atoms with Crippen molar-refractivity contribution in [3.05, 3.63) is 41.7 Å². The van der Waals surface area contributed by atoms with Crippen LogP contribution in [0.4, 0.5) is 10.1 Å². The molecular formula is C12H15FN2O. The highest BCUT2D eigenvalue weighted by Gasteiger charge is 2.16. The van der Waals surface area contributed by atoms with Gasteiger partial charge >= 0.3 is 0 Å². The summed E-state index contributed by atoms with van der Waals surface area (Å²) in [4.78, 5) is 13.3. The molecule has 86 valence electrons. The predicted molar refractivity (Wildman–Crippen MR) is 62.6 cm³/mol. The first-order valence-corrected chi connectivity index (χ1v) is 4.87. The van der Waals surface area contributed by atoms with Crippen LogP contribution in [0.1, 0.15) is 17.3 Å². The van der Waals surface area contributed by atoms with Gasteiger partial charge in [-0.15, -0.1) is 0 Å². The maximum atomic E-state index is 13.2. The minimum absolute atomic E-state index is 0.110. The summed E-state index contributed by atoms with van der Waals surface area (Å²) in [6.45, 7) is 5.96. The standard InChI is InChI=1S/C12H15FN2O/c1-8(2)7-15(3)12(16)9-5-4-6-10(13)11(9)14/h4-6H,1,7,14H2,2-3H3. The van der Waals surface area contributed by atoms with Crippen LogP contribution in [-0.2, 0) is 0 Å². The molecule has 0 saturated heterocycles. The molecule has 2 N–H and O–H groups in total. The van der Waals surface area contributed by atoms with E-state index in [1.54, 1.807) is 7.05 Å². The van der Waals surface area contributed by atoms with E-state index in [0.717, 1.165) is 5.57 Å². The highest BCUT2D eigenvalue weighted by molar-refractivity contribution is 5.99. The fraction of sp³-hybridized carbons (Fsp3) is 0.250. The number of para-hydroxylation sites is 1. The molecular weight excluding hydrogens is 207 g/mol. The Morgan fingerprint density at radius 2 is 2.19 bits per heavy atom. The van der Waals surface area contributed by atoms with Gasteiger partial charge < -0.3 is 10.6 Å². The number of nitrogens with two attached hydrogens (primary N) is 1. The molecule has 0 aliphatic heterocycles. The normalized spacial score (nSPS) is 9.94. The lowest BCUT2D eigenvalue weighted by molar-refractivity contribution is 0.0807. The molecule has 0 bridgehead atoms. The summed E-state index contributed by atoms with van der Waals surface area (Å²) in [5.41, 5.74) is 6.43. The minimum atomic E-state index is -0.574. The highest BCUT2D eigenvalue weighted by Crippen LogP contribution is 2.17. The van der Waals surface area contributed by atoms with Crippen molar-refractivity contribution in [2.75, 3.05) is 19.3 Å². The van der Waals surface area contributed by atoms with E-state index in [0.29, 0.717) is 6.54 Å². The second-order valence-corrected chi connectivity index (χ2v) is 3.82. The Balaban J connectivity index is 2.96. The van der Waals surface area contributed by atoms with Crippen LogP contribution in [0.2, 0.25) is 0 Å². The lowest BCUT2D eigenvalue weighted by Crippen LogP contribution is -2.29. The number of rotatable bonds is 3. The predicted octanol–water partition coefficient (Wildman–Crippen LogP) is 2.06. The van der Waals surface area contributed by atoms with E-state index in [-0.39, 0.29) is 17.2 Å². The van der Waals surface area contributed by atoms with E-state index in [2.05, 4.69) is 6.58 Å². The molecule has 0 unspecified atom stereocenters. The first-order valence-electron chi connectivity index (χ1n) is 4.87. The molecule has 0 atom stereocenters. The maximum Gasteiger partial charge on any atom is 0.256 e. The van der Waals surface area contributed by atoms with Crippen LogP contribution >= 0.6 is 0 Å². The van der Waals surface area contributed by atoms with Crippen LogP contribution in [0, 0.1) is 5.82 Å². The molecule has 0 spiro atoms. The monoisotopic (exact) mass is 222 g/mol. The Bertz CT molecular complexity index is 429. The van der Waals surface area contributed by atoms with Gasteiger partial charge in [0.05, 0.1) is 11.3 Å². The average Bonchev–Trinajstić information content (AvgIpc) is 2.20. The van der Waals surface area contributed by atoms with Crippen molar-refractivity contribution in [1.29, 1.82) is 0 Å². The molecule has 0 heterocycles. The minimum Gasteiger partial charge on any atom is -0.396 e. The number of nitrogen functional groups attached to an aromatic ring is 1. The Morgan fingerprint density at radius 1 is 1.56 bits per heavy atom. The van der Waals surface area contributed by atoms with E-state index in [9.17, 15) is 9.18 Å². The van der Waals surface area contributed by atoms with Crippen LogP contribution in [0.3, 0.4) is 0 Å². The maximum absolute atomic E-state index is 13.2. The molecule has 0 saturated carbocycles. The van der Waals surface area contributed by atoms with E-state index < -0.39 is 5.82 Å². The van der Waals surface area contributed by atoms with Gasteiger partial charge in [-0.2, -0.15) is 0 Å². The zero-order valence-electron chi connectivity index (χ0n) is 9.46. The first-order chi connectivity index (χ1) is 7.43. The lowest BCUT2D eigenvalue weighted by Gasteiger charge is -2.18. The zero-order valence-corrected chi connectivity index (χ0v) is 9.46. The van der Waals surface area contributed by atoms with Crippen LogP contribution in [-0.4, -0.2) is 24.4 Å². The third-order valence-electron chi connectivity index (χ3n) is 2.14. The molecule has 0 aliphatic carbocycles. The summed E-state index contributed by atoms with van der Waals surface area (Å²) in [7, 11) is 1.63. The Morgan fingerprint density at radius 3 is 2.75 bits per heavy atom. The number of hydrogen-bond donors (Lipinski definition) is 1. The highest BCUT2D eigenvalue weighted by atomic mass is 19.1. The second kappa shape index (κ2) is 4.79. The Hall–Kier alpha value is -1.84. The molecule has 0 radical (unpaired) electrons. The number of halogens is 1. The van der Waals surface area contributed by atoms with Gasteiger partial charge in [0, 0.05) is 13.6 Å². The second-order valence-electron chi connectivity index (χ2n) is 3.82. The van der Waals surface area contributed by atoms with Gasteiger partial charge in [-0.25, -0.2) is 4.39 Å². The van der Waals surface area contributed by atoms with E-state index in [1.807, 2.05) is 6.92 Å². The molecule has 16 heavy (non-hydrogen) atoms. The number of hydrogen-bond acceptors (Lipinski definition) is 2. The van der Waals surface area contributed by atoms with Crippen molar-refractivity contribution in [2.24, 2.45) is 0 Å². The third kappa shape index (κ3) is 2.59. The van der Waals surface area contributed by atoms with E-state index >= 15 is 0 Å². The van der Waals surface area contributed by atoms with Crippen LogP contribution in [0.15, 0.2) is 30.4 Å². The summed E-state index contributed by atoms with van der Waals surface area (Å²) in [6.07, 6.45) is 0. The average molecular weight is 222 g/mol. The summed E-state index contributed by atoms with van der Waals surface area (Å²) >= 11 is 0. The number of carbonyl (C=O) groups excluding carboxylic acids is 1. The third-order valence-corrected chi connectivity index (χ3v) is 2.14. The molecule has 0 aromatic heterocycles. The van der Waals surface area contributed by atoms with Gasteiger partial charge in [0.25, 0.3) is 5.91 Å². The van der Waals surface area contributed by atoms with Gasteiger partial charge in [0.15, 0.2) is 0 Å². The van der Waals surface area contributed by atoms with Gasteiger partial charge in [0.2, 0.25) is 0 Å². The van der Waals surface area contributed by atoms with E-state index in [4.69, 9.17) is 5.73 Å². The summed E-state index contributed by atoms with van der Waals surface area (Å²) < 4.78 is 13.2. The molecule has 3 nitrogen and oxygen atoms in total. The van der Waals surface area contributed by atoms with E-state index in [1.165, 1.54) is 23.1 Å². The topological polar surface area (TPSA) is 46.3 Å². The van der Waals surface area contributed by atoms with Crippen molar-refractivity contribution in [2.45, 2.75) is 6.92 Å². The number of nitrogens with zero attached hydrogens (tertiary/aromatic N) is 1. The van der Waals surface area contributed by atoms with Gasteiger partial charge in [-0.3, -0.25) is 4.79 Å². The number of anilines is 1. The fourth-order valence-electron chi connectivity index (χ4n) is 1.41. The fourth-order valence-corrected chi connectivity index (χ4v) is 1.41. The summed E-state index contributed by atoms with van der Waals surface area (Å²) in [6, 6.07) is 4.20. The summed E-state index contributed by atoms with van der Waals surface area (Å²) in [5.74, 6) is -0.880. The lowest BCUT2D eigenvalue weighted by atomic mass is 10.1. The van der Waals surface area contributed by atoms with Crippen molar-refractivity contribution in [1.82, 2.24) is 4.90 Å². The molecule has 4 heteroatoms. The quantitative estimate of drug-likeness (QED) is 0.628. The van der Waals surface area contributed by atoms with Crippen LogP contribution in [0.25, 0.3) is 0 Å². The molecule has 1 aromatic rings. The van der Waals surface area contributed by atoms with Crippen LogP contribution < -0.4 is 5.73 Å². The zero-order chi connectivity index (χ0) is 12.3. The van der Waals surface area contributed by atoms with Crippen molar-refractivity contribution < 1.29 is 9.18 Å². The van der Waals surface area contributed by atoms with Crippen molar-refractivity contribution in [3.8, 4) is 0 Å². The molecule has 0 aliphatic rings. The number of carbonyl (C=O) groups is 1.